The maximum absolute atomic E-state index is 12.9. The van der Waals surface area contributed by atoms with Crippen LogP contribution in [0.4, 0.5) is 0 Å². The van der Waals surface area contributed by atoms with E-state index in [0.717, 1.165) is 77.0 Å². The Bertz CT molecular complexity index is 1250. The Kier molecular flexibility index (Phi) is 58.7. The van der Waals surface area contributed by atoms with Crippen LogP contribution < -0.4 is 0 Å². The molecule has 0 N–H and O–H groups in total. The topological polar surface area (TPSA) is 78.9 Å². The van der Waals surface area contributed by atoms with Crippen LogP contribution in [0.25, 0.3) is 0 Å². The quantitative estimate of drug-likeness (QED) is 0.0261. The highest BCUT2D eigenvalue weighted by Crippen LogP contribution is 2.16. The fourth-order valence-corrected chi connectivity index (χ4v) is 9.23. The van der Waals surface area contributed by atoms with E-state index in [1.807, 2.05) is 0 Å². The lowest BCUT2D eigenvalue weighted by Crippen LogP contribution is -2.30. The number of allylic oxidation sites excluding steroid dienone is 8. The van der Waals surface area contributed by atoms with Crippen LogP contribution in [0.15, 0.2) is 48.6 Å². The van der Waals surface area contributed by atoms with Crippen molar-refractivity contribution in [1.82, 2.24) is 0 Å². The van der Waals surface area contributed by atoms with Gasteiger partial charge in [0.15, 0.2) is 6.10 Å². The van der Waals surface area contributed by atoms with E-state index in [0.29, 0.717) is 19.3 Å². The van der Waals surface area contributed by atoms with Crippen molar-refractivity contribution in [3.8, 4) is 0 Å². The van der Waals surface area contributed by atoms with Crippen molar-refractivity contribution in [3.05, 3.63) is 48.6 Å². The summed E-state index contributed by atoms with van der Waals surface area (Å²) in [6, 6.07) is 0. The molecule has 0 aliphatic rings. The monoisotopic (exact) mass is 1010 g/mol. The van der Waals surface area contributed by atoms with E-state index in [4.69, 9.17) is 14.2 Å². The summed E-state index contributed by atoms with van der Waals surface area (Å²) in [5.74, 6) is -0.878. The molecule has 0 aromatic heterocycles. The minimum Gasteiger partial charge on any atom is -0.462 e. The Morgan fingerprint density at radius 2 is 0.500 bits per heavy atom. The normalized spacial score (nSPS) is 12.3. The van der Waals surface area contributed by atoms with Gasteiger partial charge in [0, 0.05) is 19.3 Å². The molecule has 0 bridgehead atoms. The van der Waals surface area contributed by atoms with Crippen molar-refractivity contribution in [3.63, 3.8) is 0 Å². The number of hydrogen-bond acceptors (Lipinski definition) is 6. The highest BCUT2D eigenvalue weighted by atomic mass is 16.6. The van der Waals surface area contributed by atoms with Crippen LogP contribution in [-0.4, -0.2) is 37.2 Å². The summed E-state index contributed by atoms with van der Waals surface area (Å²) in [6.45, 7) is 6.64. The second kappa shape index (κ2) is 60.9. The fraction of sp³-hybridized carbons (Fsp3) is 0.833. The average molecular weight is 1010 g/mol. The summed E-state index contributed by atoms with van der Waals surface area (Å²) < 4.78 is 16.9. The SMILES string of the molecule is CCCCC/C=C\C/C=C\CCCCCCCCCC(=O)OC(COC(=O)CCCCCCC/C=C\CCCCCCCCC)COC(=O)CCCCCCCCCCC/C=C\CCCCCCCCCC. The minimum atomic E-state index is -0.782. The second-order valence-electron chi connectivity index (χ2n) is 21.3. The van der Waals surface area contributed by atoms with Gasteiger partial charge in [0.05, 0.1) is 0 Å². The summed E-state index contributed by atoms with van der Waals surface area (Å²) in [6.07, 6.45) is 75.4. The Balaban J connectivity index is 4.35. The van der Waals surface area contributed by atoms with Gasteiger partial charge in [-0.3, -0.25) is 14.4 Å². The molecule has 1 unspecified atom stereocenters. The first kappa shape index (κ1) is 69.4. The molecule has 0 aliphatic carbocycles. The van der Waals surface area contributed by atoms with E-state index >= 15 is 0 Å². The molecule has 6 nitrogen and oxygen atoms in total. The molecule has 72 heavy (non-hydrogen) atoms. The van der Waals surface area contributed by atoms with Crippen LogP contribution in [-0.2, 0) is 28.6 Å². The van der Waals surface area contributed by atoms with Gasteiger partial charge in [0.1, 0.15) is 13.2 Å². The highest BCUT2D eigenvalue weighted by Gasteiger charge is 2.19. The average Bonchev–Trinajstić information content (AvgIpc) is 3.38. The Labute approximate surface area is 448 Å². The lowest BCUT2D eigenvalue weighted by Gasteiger charge is -2.18. The minimum absolute atomic E-state index is 0.0780. The van der Waals surface area contributed by atoms with Gasteiger partial charge in [0.25, 0.3) is 0 Å². The number of carbonyl (C=O) groups is 3. The molecule has 0 spiro atoms. The number of unbranched alkanes of at least 4 members (excludes halogenated alkanes) is 39. The molecule has 0 aromatic rings. The first-order valence-corrected chi connectivity index (χ1v) is 31.6. The summed E-state index contributed by atoms with van der Waals surface area (Å²) >= 11 is 0. The third-order valence-electron chi connectivity index (χ3n) is 14.0. The van der Waals surface area contributed by atoms with Crippen molar-refractivity contribution in [2.75, 3.05) is 13.2 Å². The molecule has 0 radical (unpaired) electrons. The third-order valence-corrected chi connectivity index (χ3v) is 14.0. The van der Waals surface area contributed by atoms with Gasteiger partial charge in [-0.1, -0.05) is 262 Å². The lowest BCUT2D eigenvalue weighted by atomic mass is 10.1. The number of hydrogen-bond donors (Lipinski definition) is 0. The van der Waals surface area contributed by atoms with E-state index in [9.17, 15) is 14.4 Å². The zero-order valence-electron chi connectivity index (χ0n) is 48.2. The predicted molar refractivity (Wildman–Crippen MR) is 312 cm³/mol. The molecule has 1 atom stereocenters. The van der Waals surface area contributed by atoms with Gasteiger partial charge in [-0.2, -0.15) is 0 Å². The Hall–Kier alpha value is -2.63. The lowest BCUT2D eigenvalue weighted by molar-refractivity contribution is -0.167. The molecule has 420 valence electrons. The van der Waals surface area contributed by atoms with Crippen LogP contribution in [0.5, 0.6) is 0 Å². The van der Waals surface area contributed by atoms with Gasteiger partial charge in [0.2, 0.25) is 0 Å². The summed E-state index contributed by atoms with van der Waals surface area (Å²) in [5, 5.41) is 0. The van der Waals surface area contributed by atoms with Crippen molar-refractivity contribution < 1.29 is 28.6 Å². The molecule has 0 fully saturated rings. The van der Waals surface area contributed by atoms with Crippen LogP contribution in [0.3, 0.4) is 0 Å². The zero-order valence-corrected chi connectivity index (χ0v) is 48.2. The van der Waals surface area contributed by atoms with E-state index < -0.39 is 6.10 Å². The van der Waals surface area contributed by atoms with Crippen LogP contribution in [0, 0.1) is 0 Å². The summed E-state index contributed by atoms with van der Waals surface area (Å²) in [5.41, 5.74) is 0. The molecule has 6 heteroatoms. The predicted octanol–water partition coefficient (Wildman–Crippen LogP) is 21.4. The van der Waals surface area contributed by atoms with Crippen molar-refractivity contribution in [2.24, 2.45) is 0 Å². The number of ether oxygens (including phenoxy) is 3. The molecule has 0 saturated heterocycles. The Morgan fingerprint density at radius 1 is 0.278 bits per heavy atom. The molecule has 0 amide bonds. The summed E-state index contributed by atoms with van der Waals surface area (Å²) in [7, 11) is 0. The highest BCUT2D eigenvalue weighted by molar-refractivity contribution is 5.71. The zero-order chi connectivity index (χ0) is 52.2. The maximum atomic E-state index is 12.9. The maximum Gasteiger partial charge on any atom is 0.306 e. The molecule has 0 rings (SSSR count). The van der Waals surface area contributed by atoms with E-state index in [1.54, 1.807) is 0 Å². The first-order valence-electron chi connectivity index (χ1n) is 31.6. The van der Waals surface area contributed by atoms with Gasteiger partial charge < -0.3 is 14.2 Å². The molecule has 0 heterocycles. The number of rotatable bonds is 58. The smallest absolute Gasteiger partial charge is 0.306 e. The summed E-state index contributed by atoms with van der Waals surface area (Å²) in [4.78, 5) is 38.3. The Morgan fingerprint density at radius 3 is 0.806 bits per heavy atom. The first-order chi connectivity index (χ1) is 35.5. The van der Waals surface area contributed by atoms with Gasteiger partial charge in [-0.05, 0) is 103 Å². The van der Waals surface area contributed by atoms with E-state index in [-0.39, 0.29) is 31.1 Å². The molecule has 0 aromatic carbocycles. The van der Waals surface area contributed by atoms with Gasteiger partial charge in [-0.25, -0.2) is 0 Å². The fourth-order valence-electron chi connectivity index (χ4n) is 9.23. The van der Waals surface area contributed by atoms with Crippen molar-refractivity contribution in [2.45, 2.75) is 341 Å². The van der Waals surface area contributed by atoms with Gasteiger partial charge in [-0.15, -0.1) is 0 Å². The standard InChI is InChI=1S/C66H120O6/c1-4-7-10-13-16-19-22-25-28-31-32-33-34-36-38-41-44-47-50-53-56-59-65(68)71-62-63(61-70-64(67)58-55-52-49-46-43-40-37-30-27-24-21-18-15-12-9-6-3)72-66(69)60-57-54-51-48-45-42-39-35-29-26-23-20-17-14-11-8-5-2/h17,20,26,29-32,37,63H,4-16,18-19,21-25,27-28,33-36,38-62H2,1-3H3/b20-17-,29-26-,32-31-,37-30-. The molecular formula is C66H120O6. The van der Waals surface area contributed by atoms with Crippen molar-refractivity contribution in [1.29, 1.82) is 0 Å². The number of esters is 3. The van der Waals surface area contributed by atoms with Crippen LogP contribution >= 0.6 is 0 Å². The molecule has 0 aliphatic heterocycles. The van der Waals surface area contributed by atoms with E-state index in [1.165, 1.54) is 218 Å². The largest absolute Gasteiger partial charge is 0.462 e. The van der Waals surface area contributed by atoms with E-state index in [2.05, 4.69) is 69.4 Å². The van der Waals surface area contributed by atoms with Crippen LogP contribution in [0.1, 0.15) is 335 Å². The number of carbonyl (C=O) groups excluding carboxylic acids is 3. The van der Waals surface area contributed by atoms with Crippen LogP contribution in [0.2, 0.25) is 0 Å². The van der Waals surface area contributed by atoms with Gasteiger partial charge >= 0.3 is 17.9 Å². The van der Waals surface area contributed by atoms with Crippen molar-refractivity contribution >= 4 is 17.9 Å². The molecular weight excluding hydrogens is 889 g/mol. The molecule has 0 saturated carbocycles. The third kappa shape index (κ3) is 58.3. The second-order valence-corrected chi connectivity index (χ2v) is 21.3.